The lowest BCUT2D eigenvalue weighted by atomic mass is 9.99. The molecule has 4 heteroatoms. The van der Waals surface area contributed by atoms with Gasteiger partial charge in [0, 0.05) is 6.07 Å². The molecule has 0 radical (unpaired) electrons. The summed E-state index contributed by atoms with van der Waals surface area (Å²) in [5.41, 5.74) is 3.58. The fourth-order valence-electron chi connectivity index (χ4n) is 2.65. The van der Waals surface area contributed by atoms with Crippen LogP contribution in [-0.4, -0.2) is 16.9 Å². The van der Waals surface area contributed by atoms with E-state index in [1.165, 1.54) is 6.07 Å². The first-order valence-corrected chi connectivity index (χ1v) is 6.70. The number of hydrogen-bond acceptors (Lipinski definition) is 3. The molecular formula is C17H15NO3. The van der Waals surface area contributed by atoms with Crippen molar-refractivity contribution in [1.82, 2.24) is 0 Å². The zero-order chi connectivity index (χ0) is 15.3. The first kappa shape index (κ1) is 13.4. The SMILES string of the molecule is Cc1ccc(N2C(=O)c3c(C)ccc(C)c3C2=O)cc1O. The second-order valence-corrected chi connectivity index (χ2v) is 5.37. The van der Waals surface area contributed by atoms with Gasteiger partial charge < -0.3 is 5.11 Å². The minimum atomic E-state index is -0.334. The zero-order valence-corrected chi connectivity index (χ0v) is 12.1. The van der Waals surface area contributed by atoms with Crippen molar-refractivity contribution in [2.45, 2.75) is 20.8 Å². The predicted molar refractivity (Wildman–Crippen MR) is 79.9 cm³/mol. The largest absolute Gasteiger partial charge is 0.508 e. The highest BCUT2D eigenvalue weighted by atomic mass is 16.3. The number of phenols is 1. The molecule has 0 atom stereocenters. The second kappa shape index (κ2) is 4.45. The van der Waals surface area contributed by atoms with Crippen LogP contribution in [0.15, 0.2) is 30.3 Å². The molecule has 0 fully saturated rings. The van der Waals surface area contributed by atoms with Gasteiger partial charge in [0.15, 0.2) is 0 Å². The van der Waals surface area contributed by atoms with Gasteiger partial charge in [0.05, 0.1) is 16.8 Å². The average molecular weight is 281 g/mol. The van der Waals surface area contributed by atoms with Gasteiger partial charge in [-0.05, 0) is 43.5 Å². The van der Waals surface area contributed by atoms with E-state index in [1.54, 1.807) is 19.1 Å². The van der Waals surface area contributed by atoms with Crippen LogP contribution in [0, 0.1) is 20.8 Å². The van der Waals surface area contributed by atoms with E-state index in [1.807, 2.05) is 26.0 Å². The monoisotopic (exact) mass is 281 g/mol. The summed E-state index contributed by atoms with van der Waals surface area (Å²) in [6.45, 7) is 5.40. The third kappa shape index (κ3) is 1.83. The highest BCUT2D eigenvalue weighted by Gasteiger charge is 2.39. The minimum Gasteiger partial charge on any atom is -0.508 e. The predicted octanol–water partition coefficient (Wildman–Crippen LogP) is 3.12. The number of anilines is 1. The highest BCUT2D eigenvalue weighted by Crippen LogP contribution is 2.34. The lowest BCUT2D eigenvalue weighted by molar-refractivity contribution is 0.0926. The normalized spacial score (nSPS) is 13.8. The summed E-state index contributed by atoms with van der Waals surface area (Å²) in [5, 5.41) is 9.81. The topological polar surface area (TPSA) is 57.6 Å². The van der Waals surface area contributed by atoms with Crippen LogP contribution >= 0.6 is 0 Å². The number of amides is 2. The molecule has 4 nitrogen and oxygen atoms in total. The second-order valence-electron chi connectivity index (χ2n) is 5.37. The summed E-state index contributed by atoms with van der Waals surface area (Å²) >= 11 is 0. The van der Waals surface area contributed by atoms with Crippen LogP contribution in [-0.2, 0) is 0 Å². The van der Waals surface area contributed by atoms with Gasteiger partial charge in [-0.25, -0.2) is 4.90 Å². The van der Waals surface area contributed by atoms with Crippen molar-refractivity contribution in [3.05, 3.63) is 58.1 Å². The van der Waals surface area contributed by atoms with Crippen molar-refractivity contribution in [3.63, 3.8) is 0 Å². The fourth-order valence-corrected chi connectivity index (χ4v) is 2.65. The number of phenolic OH excluding ortho intramolecular Hbond substituents is 1. The van der Waals surface area contributed by atoms with E-state index in [0.717, 1.165) is 16.0 Å². The molecule has 1 N–H and O–H groups in total. The third-order valence-corrected chi connectivity index (χ3v) is 3.91. The fraction of sp³-hybridized carbons (Fsp3) is 0.176. The maximum atomic E-state index is 12.6. The quantitative estimate of drug-likeness (QED) is 0.817. The van der Waals surface area contributed by atoms with E-state index in [4.69, 9.17) is 0 Å². The van der Waals surface area contributed by atoms with Gasteiger partial charge in [0.25, 0.3) is 11.8 Å². The summed E-state index contributed by atoms with van der Waals surface area (Å²) < 4.78 is 0. The lowest BCUT2D eigenvalue weighted by Gasteiger charge is -2.15. The van der Waals surface area contributed by atoms with Gasteiger partial charge in [-0.3, -0.25) is 9.59 Å². The number of aromatic hydroxyl groups is 1. The van der Waals surface area contributed by atoms with Crippen molar-refractivity contribution in [2.24, 2.45) is 0 Å². The van der Waals surface area contributed by atoms with Gasteiger partial charge in [-0.1, -0.05) is 18.2 Å². The van der Waals surface area contributed by atoms with Crippen LogP contribution in [0.5, 0.6) is 5.75 Å². The van der Waals surface area contributed by atoms with Crippen molar-refractivity contribution in [3.8, 4) is 5.75 Å². The molecule has 3 rings (SSSR count). The van der Waals surface area contributed by atoms with Gasteiger partial charge in [-0.15, -0.1) is 0 Å². The Kier molecular flexibility index (Phi) is 2.83. The van der Waals surface area contributed by atoms with Crippen LogP contribution in [0.4, 0.5) is 5.69 Å². The smallest absolute Gasteiger partial charge is 0.266 e. The Morgan fingerprint density at radius 2 is 1.29 bits per heavy atom. The number of rotatable bonds is 1. The summed E-state index contributed by atoms with van der Waals surface area (Å²) in [4.78, 5) is 26.3. The van der Waals surface area contributed by atoms with E-state index in [9.17, 15) is 14.7 Å². The number of carbonyl (C=O) groups is 2. The van der Waals surface area contributed by atoms with Crippen molar-refractivity contribution in [1.29, 1.82) is 0 Å². The van der Waals surface area contributed by atoms with Crippen LogP contribution in [0.1, 0.15) is 37.4 Å². The van der Waals surface area contributed by atoms with Crippen molar-refractivity contribution in [2.75, 3.05) is 4.90 Å². The number of nitrogens with zero attached hydrogens (tertiary/aromatic N) is 1. The average Bonchev–Trinajstić information content (AvgIpc) is 2.70. The summed E-state index contributed by atoms with van der Waals surface area (Å²) in [7, 11) is 0. The Morgan fingerprint density at radius 3 is 1.76 bits per heavy atom. The van der Waals surface area contributed by atoms with Crippen LogP contribution in [0.3, 0.4) is 0 Å². The Morgan fingerprint density at radius 1 is 0.810 bits per heavy atom. The molecule has 0 aliphatic carbocycles. The van der Waals surface area contributed by atoms with Gasteiger partial charge in [-0.2, -0.15) is 0 Å². The Balaban J connectivity index is 2.18. The molecule has 1 heterocycles. The Labute approximate surface area is 122 Å². The van der Waals surface area contributed by atoms with Gasteiger partial charge in [0.1, 0.15) is 5.75 Å². The maximum absolute atomic E-state index is 12.6. The van der Waals surface area contributed by atoms with Crippen LogP contribution < -0.4 is 4.90 Å². The van der Waals surface area contributed by atoms with Crippen LogP contribution in [0.25, 0.3) is 0 Å². The summed E-state index contributed by atoms with van der Waals surface area (Å²) in [6.07, 6.45) is 0. The summed E-state index contributed by atoms with van der Waals surface area (Å²) in [6, 6.07) is 8.49. The molecule has 0 bridgehead atoms. The number of fused-ring (bicyclic) bond motifs is 1. The number of hydrogen-bond donors (Lipinski definition) is 1. The molecule has 0 saturated carbocycles. The van der Waals surface area contributed by atoms with E-state index in [0.29, 0.717) is 22.4 Å². The number of benzene rings is 2. The molecule has 0 saturated heterocycles. The number of aryl methyl sites for hydroxylation is 3. The summed E-state index contributed by atoms with van der Waals surface area (Å²) in [5.74, 6) is -0.601. The lowest BCUT2D eigenvalue weighted by Crippen LogP contribution is -2.29. The molecule has 1 aliphatic heterocycles. The highest BCUT2D eigenvalue weighted by molar-refractivity contribution is 6.35. The van der Waals surface area contributed by atoms with E-state index in [2.05, 4.69) is 0 Å². The standard InChI is InChI=1S/C17H15NO3/c1-9-6-7-12(8-13(9)19)18-16(20)14-10(2)4-5-11(3)15(14)17(18)21/h4-8,19H,1-3H3. The minimum absolute atomic E-state index is 0.0671. The molecule has 106 valence electrons. The van der Waals surface area contributed by atoms with E-state index in [-0.39, 0.29) is 17.6 Å². The van der Waals surface area contributed by atoms with E-state index < -0.39 is 0 Å². The molecular weight excluding hydrogens is 266 g/mol. The molecule has 0 aromatic heterocycles. The van der Waals surface area contributed by atoms with E-state index >= 15 is 0 Å². The van der Waals surface area contributed by atoms with Crippen molar-refractivity contribution >= 4 is 17.5 Å². The third-order valence-electron chi connectivity index (χ3n) is 3.91. The molecule has 0 spiro atoms. The van der Waals surface area contributed by atoms with Crippen molar-refractivity contribution < 1.29 is 14.7 Å². The first-order chi connectivity index (χ1) is 9.91. The molecule has 2 aromatic rings. The Bertz CT molecular complexity index is 752. The molecule has 21 heavy (non-hydrogen) atoms. The number of imide groups is 1. The molecule has 2 aromatic carbocycles. The van der Waals surface area contributed by atoms with Gasteiger partial charge >= 0.3 is 0 Å². The van der Waals surface area contributed by atoms with Crippen LogP contribution in [0.2, 0.25) is 0 Å². The maximum Gasteiger partial charge on any atom is 0.266 e. The Hall–Kier alpha value is -2.62. The molecule has 1 aliphatic rings. The molecule has 2 amide bonds. The molecule has 0 unspecified atom stereocenters. The number of carbonyl (C=O) groups excluding carboxylic acids is 2. The zero-order valence-electron chi connectivity index (χ0n) is 12.1. The van der Waals surface area contributed by atoms with Gasteiger partial charge in [0.2, 0.25) is 0 Å². The first-order valence-electron chi connectivity index (χ1n) is 6.70.